The molecule has 3 heterocycles. The maximum Gasteiger partial charge on any atom is 0.245 e. The number of hydrogen-bond donors (Lipinski definition) is 0. The number of rotatable bonds is 3. The number of anilines is 1. The molecule has 0 saturated carbocycles. The Bertz CT molecular complexity index is 1060. The molecule has 1 aliphatic heterocycles. The van der Waals surface area contributed by atoms with Crippen LogP contribution in [0.5, 0.6) is 0 Å². The highest BCUT2D eigenvalue weighted by atomic mass is 35.5. The molecule has 0 atom stereocenters. The van der Waals surface area contributed by atoms with E-state index in [-0.39, 0.29) is 15.9 Å². The third kappa shape index (κ3) is 2.91. The monoisotopic (exact) mass is 393 g/mol. The molecule has 4 rings (SSSR count). The summed E-state index contributed by atoms with van der Waals surface area (Å²) in [4.78, 5) is 6.63. The Morgan fingerprint density at radius 3 is 2.50 bits per heavy atom. The van der Waals surface area contributed by atoms with E-state index in [0.29, 0.717) is 31.2 Å². The molecule has 2 aromatic heterocycles. The lowest BCUT2D eigenvalue weighted by molar-refractivity contribution is 0.315. The molecule has 0 spiro atoms. The fraction of sp³-hybridized carbons (Fsp3) is 0.312. The van der Waals surface area contributed by atoms with Crippen LogP contribution in [-0.2, 0) is 10.0 Å². The van der Waals surface area contributed by atoms with Crippen molar-refractivity contribution >= 4 is 38.5 Å². The van der Waals surface area contributed by atoms with Crippen LogP contribution < -0.4 is 4.90 Å². The van der Waals surface area contributed by atoms with E-state index >= 15 is 0 Å². The van der Waals surface area contributed by atoms with Crippen molar-refractivity contribution in [2.24, 2.45) is 0 Å². The standard InChI is InChI=1S/C16H16ClN5O3S/c1-11-3-2-4-14(18-11)21-7-9-22(10-8-21)26(23,24)13-6-5-12(17)15-16(13)20-25-19-15/h2-6H,7-10H2,1H3. The van der Waals surface area contributed by atoms with E-state index in [1.54, 1.807) is 0 Å². The summed E-state index contributed by atoms with van der Waals surface area (Å²) in [6.07, 6.45) is 0. The van der Waals surface area contributed by atoms with Crippen molar-refractivity contribution in [1.29, 1.82) is 0 Å². The zero-order chi connectivity index (χ0) is 18.3. The summed E-state index contributed by atoms with van der Waals surface area (Å²) in [6.45, 7) is 3.76. The Morgan fingerprint density at radius 1 is 1.04 bits per heavy atom. The number of aryl methyl sites for hydroxylation is 1. The Morgan fingerprint density at radius 2 is 1.77 bits per heavy atom. The summed E-state index contributed by atoms with van der Waals surface area (Å²) in [5.41, 5.74) is 1.33. The molecule has 0 amide bonds. The van der Waals surface area contributed by atoms with Crippen LogP contribution in [0.2, 0.25) is 5.02 Å². The van der Waals surface area contributed by atoms with Crippen LogP contribution in [0.15, 0.2) is 39.9 Å². The summed E-state index contributed by atoms with van der Waals surface area (Å²) < 4.78 is 32.2. The van der Waals surface area contributed by atoms with Gasteiger partial charge < -0.3 is 4.90 Å². The van der Waals surface area contributed by atoms with Crippen LogP contribution in [-0.4, -0.2) is 54.2 Å². The number of sulfonamides is 1. The van der Waals surface area contributed by atoms with E-state index in [2.05, 4.69) is 24.8 Å². The van der Waals surface area contributed by atoms with Crippen molar-refractivity contribution in [2.45, 2.75) is 11.8 Å². The maximum atomic E-state index is 13.0. The lowest BCUT2D eigenvalue weighted by Crippen LogP contribution is -2.49. The van der Waals surface area contributed by atoms with Gasteiger partial charge in [0.05, 0.1) is 5.02 Å². The zero-order valence-corrected chi connectivity index (χ0v) is 15.5. The van der Waals surface area contributed by atoms with Gasteiger partial charge in [-0.25, -0.2) is 18.0 Å². The predicted octanol–water partition coefficient (Wildman–Crippen LogP) is 2.09. The largest absolute Gasteiger partial charge is 0.354 e. The summed E-state index contributed by atoms with van der Waals surface area (Å²) in [7, 11) is -3.72. The Labute approximate surface area is 155 Å². The lowest BCUT2D eigenvalue weighted by atomic mass is 10.3. The first-order chi connectivity index (χ1) is 12.5. The third-order valence-electron chi connectivity index (χ3n) is 4.38. The number of hydrogen-bond acceptors (Lipinski definition) is 7. The smallest absolute Gasteiger partial charge is 0.245 e. The second-order valence-corrected chi connectivity index (χ2v) is 8.35. The second-order valence-electron chi connectivity index (χ2n) is 6.04. The molecule has 0 aliphatic carbocycles. The van der Waals surface area contributed by atoms with Gasteiger partial charge in [0.1, 0.15) is 10.7 Å². The normalized spacial score (nSPS) is 16.3. The van der Waals surface area contributed by atoms with Crippen molar-refractivity contribution in [3.8, 4) is 0 Å². The maximum absolute atomic E-state index is 13.0. The van der Waals surface area contributed by atoms with E-state index in [9.17, 15) is 8.42 Å². The fourth-order valence-electron chi connectivity index (χ4n) is 3.02. The highest BCUT2D eigenvalue weighted by Crippen LogP contribution is 2.29. The topological polar surface area (TPSA) is 92.4 Å². The first kappa shape index (κ1) is 17.2. The van der Waals surface area contributed by atoms with Crippen LogP contribution in [0, 0.1) is 6.92 Å². The zero-order valence-electron chi connectivity index (χ0n) is 14.0. The number of nitrogens with zero attached hydrogens (tertiary/aromatic N) is 5. The minimum absolute atomic E-state index is 0.0558. The minimum atomic E-state index is -3.72. The quantitative estimate of drug-likeness (QED) is 0.672. The number of halogens is 1. The van der Waals surface area contributed by atoms with Gasteiger partial charge in [-0.1, -0.05) is 17.7 Å². The molecular weight excluding hydrogens is 378 g/mol. The number of benzene rings is 1. The van der Waals surface area contributed by atoms with Crippen molar-refractivity contribution < 1.29 is 13.0 Å². The molecule has 1 fully saturated rings. The van der Waals surface area contributed by atoms with Gasteiger partial charge in [-0.3, -0.25) is 0 Å². The van der Waals surface area contributed by atoms with Gasteiger partial charge in [0.15, 0.2) is 11.0 Å². The van der Waals surface area contributed by atoms with Gasteiger partial charge in [-0.05, 0) is 41.5 Å². The van der Waals surface area contributed by atoms with Crippen LogP contribution >= 0.6 is 11.6 Å². The molecular formula is C16H16ClN5O3S. The molecule has 0 radical (unpaired) electrons. The average molecular weight is 394 g/mol. The van der Waals surface area contributed by atoms with Gasteiger partial charge in [-0.2, -0.15) is 4.31 Å². The van der Waals surface area contributed by atoms with Gasteiger partial charge in [0, 0.05) is 31.9 Å². The molecule has 10 heteroatoms. The molecule has 0 N–H and O–H groups in total. The first-order valence-corrected chi connectivity index (χ1v) is 9.88. The summed E-state index contributed by atoms with van der Waals surface area (Å²) in [6, 6.07) is 8.75. The highest BCUT2D eigenvalue weighted by molar-refractivity contribution is 7.89. The Balaban J connectivity index is 1.58. The first-order valence-electron chi connectivity index (χ1n) is 8.06. The van der Waals surface area contributed by atoms with Crippen LogP contribution in [0.25, 0.3) is 11.0 Å². The van der Waals surface area contributed by atoms with Crippen LogP contribution in [0.4, 0.5) is 5.82 Å². The fourth-order valence-corrected chi connectivity index (χ4v) is 4.75. The summed E-state index contributed by atoms with van der Waals surface area (Å²) in [5.74, 6) is 0.858. The molecule has 26 heavy (non-hydrogen) atoms. The van der Waals surface area contributed by atoms with E-state index in [4.69, 9.17) is 11.6 Å². The Hall–Kier alpha value is -2.23. The molecule has 8 nitrogen and oxygen atoms in total. The predicted molar refractivity (Wildman–Crippen MR) is 96.8 cm³/mol. The number of fused-ring (bicyclic) bond motifs is 1. The van der Waals surface area contributed by atoms with E-state index in [1.165, 1.54) is 16.4 Å². The van der Waals surface area contributed by atoms with E-state index < -0.39 is 10.0 Å². The van der Waals surface area contributed by atoms with Crippen molar-refractivity contribution in [1.82, 2.24) is 19.6 Å². The molecule has 136 valence electrons. The molecule has 1 aliphatic rings. The molecule has 0 bridgehead atoms. The lowest BCUT2D eigenvalue weighted by Gasteiger charge is -2.34. The van der Waals surface area contributed by atoms with Crippen molar-refractivity contribution in [3.63, 3.8) is 0 Å². The third-order valence-corrected chi connectivity index (χ3v) is 6.62. The number of piperazine rings is 1. The van der Waals surface area contributed by atoms with Crippen LogP contribution in [0.1, 0.15) is 5.69 Å². The van der Waals surface area contributed by atoms with Crippen molar-refractivity contribution in [3.05, 3.63) is 41.0 Å². The summed E-state index contributed by atoms with van der Waals surface area (Å²) >= 11 is 6.02. The Kier molecular flexibility index (Phi) is 4.29. The highest BCUT2D eigenvalue weighted by Gasteiger charge is 2.31. The van der Waals surface area contributed by atoms with Gasteiger partial charge >= 0.3 is 0 Å². The molecule has 1 saturated heterocycles. The van der Waals surface area contributed by atoms with Crippen molar-refractivity contribution in [2.75, 3.05) is 31.1 Å². The number of aromatic nitrogens is 3. The molecule has 1 aromatic carbocycles. The minimum Gasteiger partial charge on any atom is -0.354 e. The second kappa shape index (κ2) is 6.49. The summed E-state index contributed by atoms with van der Waals surface area (Å²) in [5, 5.41) is 7.70. The average Bonchev–Trinajstić information content (AvgIpc) is 3.12. The van der Waals surface area contributed by atoms with Crippen LogP contribution in [0.3, 0.4) is 0 Å². The van der Waals surface area contributed by atoms with Gasteiger partial charge in [-0.15, -0.1) is 0 Å². The van der Waals surface area contributed by atoms with Gasteiger partial charge in [0.2, 0.25) is 10.0 Å². The van der Waals surface area contributed by atoms with E-state index in [1.807, 2.05) is 25.1 Å². The van der Waals surface area contributed by atoms with Gasteiger partial charge in [0.25, 0.3) is 0 Å². The molecule has 0 unspecified atom stereocenters. The SMILES string of the molecule is Cc1cccc(N2CCN(S(=O)(=O)c3ccc(Cl)c4nonc34)CC2)n1. The molecule has 3 aromatic rings. The van der Waals surface area contributed by atoms with E-state index in [0.717, 1.165) is 11.5 Å². The number of pyridine rings is 1.